The van der Waals surface area contributed by atoms with E-state index >= 15 is 0 Å². The number of carbonyl (C=O) groups is 2. The molecule has 0 aromatic heterocycles. The van der Waals surface area contributed by atoms with Gasteiger partial charge in [-0.3, -0.25) is 9.59 Å². The first kappa shape index (κ1) is 13.2. The van der Waals surface area contributed by atoms with Crippen LogP contribution < -0.4 is 9.47 Å². The number of hydrogen-bond donors (Lipinski definition) is 1. The minimum absolute atomic E-state index is 0.201. The molecule has 1 aliphatic carbocycles. The standard InChI is InChI=1S/C14H13ClO5/c15-10-6-9(14(13(17)18)2-1-3-14)12-11(8(10)7-16)19-4-5-20-12/h6-7H,1-5H2,(H,17,18). The van der Waals surface area contributed by atoms with E-state index in [9.17, 15) is 14.7 Å². The molecular formula is C14H13ClO5. The molecule has 0 unspecified atom stereocenters. The Bertz CT molecular complexity index is 592. The van der Waals surface area contributed by atoms with Gasteiger partial charge in [-0.2, -0.15) is 0 Å². The molecule has 1 fully saturated rings. The van der Waals surface area contributed by atoms with Crippen LogP contribution in [0.2, 0.25) is 5.02 Å². The highest BCUT2D eigenvalue weighted by Gasteiger charge is 2.49. The lowest BCUT2D eigenvalue weighted by Crippen LogP contribution is -2.43. The van der Waals surface area contributed by atoms with Crippen molar-refractivity contribution in [2.75, 3.05) is 13.2 Å². The number of carboxylic acids is 1. The summed E-state index contributed by atoms with van der Waals surface area (Å²) in [5.74, 6) is -0.277. The molecular weight excluding hydrogens is 284 g/mol. The maximum atomic E-state index is 11.6. The Labute approximate surface area is 120 Å². The first-order chi connectivity index (χ1) is 9.60. The number of ether oxygens (including phenoxy) is 2. The quantitative estimate of drug-likeness (QED) is 0.867. The molecule has 0 saturated heterocycles. The number of aldehydes is 1. The van der Waals surface area contributed by atoms with Gasteiger partial charge in [-0.15, -0.1) is 0 Å². The Morgan fingerprint density at radius 1 is 1.30 bits per heavy atom. The zero-order valence-corrected chi connectivity index (χ0v) is 11.4. The second kappa shape index (κ2) is 4.66. The monoisotopic (exact) mass is 296 g/mol. The van der Waals surface area contributed by atoms with Crippen LogP contribution in [0.5, 0.6) is 11.5 Å². The summed E-state index contributed by atoms with van der Waals surface area (Å²) >= 11 is 6.10. The summed E-state index contributed by atoms with van der Waals surface area (Å²) in [7, 11) is 0. The average Bonchev–Trinajstić information content (AvgIpc) is 2.37. The third-order valence-corrected chi connectivity index (χ3v) is 4.36. The molecule has 0 radical (unpaired) electrons. The Morgan fingerprint density at radius 2 is 1.95 bits per heavy atom. The Morgan fingerprint density at radius 3 is 2.45 bits per heavy atom. The van der Waals surface area contributed by atoms with Crippen molar-refractivity contribution < 1.29 is 24.2 Å². The van der Waals surface area contributed by atoms with Gasteiger partial charge in [0, 0.05) is 5.56 Å². The van der Waals surface area contributed by atoms with Crippen LogP contribution in [0.4, 0.5) is 0 Å². The van der Waals surface area contributed by atoms with Gasteiger partial charge in [0.2, 0.25) is 0 Å². The van der Waals surface area contributed by atoms with E-state index in [-0.39, 0.29) is 16.3 Å². The summed E-state index contributed by atoms with van der Waals surface area (Å²) in [6, 6.07) is 1.53. The van der Waals surface area contributed by atoms with E-state index in [2.05, 4.69) is 0 Å². The van der Waals surface area contributed by atoms with Crippen molar-refractivity contribution in [2.45, 2.75) is 24.7 Å². The van der Waals surface area contributed by atoms with Gasteiger partial charge in [0.05, 0.1) is 16.0 Å². The van der Waals surface area contributed by atoms with E-state index < -0.39 is 11.4 Å². The zero-order chi connectivity index (χ0) is 14.3. The maximum absolute atomic E-state index is 11.6. The van der Waals surface area contributed by atoms with Crippen LogP contribution in [0, 0.1) is 0 Å². The Balaban J connectivity index is 2.24. The summed E-state index contributed by atoms with van der Waals surface area (Å²) < 4.78 is 11.1. The summed E-state index contributed by atoms with van der Waals surface area (Å²) in [5, 5.41) is 9.75. The molecule has 6 heteroatoms. The molecule has 0 atom stereocenters. The number of aliphatic carboxylic acids is 1. The van der Waals surface area contributed by atoms with Crippen LogP contribution in [0.1, 0.15) is 35.2 Å². The van der Waals surface area contributed by atoms with Crippen molar-refractivity contribution in [3.63, 3.8) is 0 Å². The highest BCUT2D eigenvalue weighted by atomic mass is 35.5. The number of carbonyl (C=O) groups excluding carboxylic acids is 1. The van der Waals surface area contributed by atoms with Gasteiger partial charge in [0.25, 0.3) is 0 Å². The second-order valence-electron chi connectivity index (χ2n) is 5.03. The number of rotatable bonds is 3. The van der Waals surface area contributed by atoms with Gasteiger partial charge in [-0.05, 0) is 18.9 Å². The Hall–Kier alpha value is -1.75. The number of fused-ring (bicyclic) bond motifs is 1. The predicted molar refractivity (Wildman–Crippen MR) is 71.0 cm³/mol. The molecule has 1 heterocycles. The molecule has 0 spiro atoms. The van der Waals surface area contributed by atoms with Gasteiger partial charge in [0.1, 0.15) is 13.2 Å². The number of halogens is 1. The summed E-state index contributed by atoms with van der Waals surface area (Å²) in [5.41, 5.74) is -0.248. The third-order valence-electron chi connectivity index (χ3n) is 4.05. The first-order valence-corrected chi connectivity index (χ1v) is 6.79. The van der Waals surface area contributed by atoms with Crippen molar-refractivity contribution >= 4 is 23.9 Å². The molecule has 1 saturated carbocycles. The van der Waals surface area contributed by atoms with Crippen LogP contribution in [0.25, 0.3) is 0 Å². The van der Waals surface area contributed by atoms with Crippen molar-refractivity contribution in [3.05, 3.63) is 22.2 Å². The van der Waals surface area contributed by atoms with Crippen molar-refractivity contribution in [1.82, 2.24) is 0 Å². The molecule has 106 valence electrons. The minimum Gasteiger partial charge on any atom is -0.486 e. The van der Waals surface area contributed by atoms with Gasteiger partial charge in [-0.1, -0.05) is 18.0 Å². The van der Waals surface area contributed by atoms with Crippen LogP contribution in [-0.4, -0.2) is 30.6 Å². The Kier molecular flexibility index (Phi) is 3.09. The lowest BCUT2D eigenvalue weighted by Gasteiger charge is -2.40. The predicted octanol–water partition coefficient (Wildman–Crippen LogP) is 2.43. The molecule has 3 rings (SSSR count). The third kappa shape index (κ3) is 1.69. The van der Waals surface area contributed by atoms with Crippen molar-refractivity contribution in [1.29, 1.82) is 0 Å². The molecule has 1 aromatic carbocycles. The molecule has 0 bridgehead atoms. The fourth-order valence-electron chi connectivity index (χ4n) is 2.79. The number of benzene rings is 1. The average molecular weight is 297 g/mol. The lowest BCUT2D eigenvalue weighted by atomic mass is 9.64. The van der Waals surface area contributed by atoms with Gasteiger partial charge >= 0.3 is 5.97 Å². The van der Waals surface area contributed by atoms with Gasteiger partial charge < -0.3 is 14.6 Å². The zero-order valence-electron chi connectivity index (χ0n) is 10.6. The van der Waals surface area contributed by atoms with E-state index in [1.165, 1.54) is 6.07 Å². The summed E-state index contributed by atoms with van der Waals surface area (Å²) in [4.78, 5) is 22.8. The summed E-state index contributed by atoms with van der Waals surface area (Å²) in [6.07, 6.45) is 2.52. The van der Waals surface area contributed by atoms with Gasteiger partial charge in [-0.25, -0.2) is 0 Å². The van der Waals surface area contributed by atoms with E-state index in [0.29, 0.717) is 43.7 Å². The van der Waals surface area contributed by atoms with E-state index in [4.69, 9.17) is 21.1 Å². The number of hydrogen-bond acceptors (Lipinski definition) is 4. The largest absolute Gasteiger partial charge is 0.486 e. The van der Waals surface area contributed by atoms with E-state index in [1.807, 2.05) is 0 Å². The van der Waals surface area contributed by atoms with Crippen molar-refractivity contribution in [2.24, 2.45) is 0 Å². The highest BCUT2D eigenvalue weighted by Crippen LogP contribution is 2.52. The van der Waals surface area contributed by atoms with Gasteiger partial charge in [0.15, 0.2) is 17.8 Å². The van der Waals surface area contributed by atoms with Crippen LogP contribution in [-0.2, 0) is 10.2 Å². The molecule has 0 amide bonds. The second-order valence-corrected chi connectivity index (χ2v) is 5.44. The van der Waals surface area contributed by atoms with E-state index in [0.717, 1.165) is 6.42 Å². The lowest BCUT2D eigenvalue weighted by molar-refractivity contribution is -0.147. The topological polar surface area (TPSA) is 72.8 Å². The molecule has 20 heavy (non-hydrogen) atoms. The van der Waals surface area contributed by atoms with E-state index in [1.54, 1.807) is 0 Å². The normalized spacial score (nSPS) is 19.1. The molecule has 1 aliphatic heterocycles. The minimum atomic E-state index is -0.976. The molecule has 5 nitrogen and oxygen atoms in total. The van der Waals surface area contributed by atoms with Crippen LogP contribution >= 0.6 is 11.6 Å². The number of carboxylic acid groups (broad SMARTS) is 1. The summed E-state index contributed by atoms with van der Waals surface area (Å²) in [6.45, 7) is 0.642. The molecule has 2 aliphatic rings. The fourth-order valence-corrected chi connectivity index (χ4v) is 3.03. The SMILES string of the molecule is O=Cc1c(Cl)cc(C2(C(=O)O)CCC2)c2c1OCCO2. The van der Waals surface area contributed by atoms with Crippen molar-refractivity contribution in [3.8, 4) is 11.5 Å². The highest BCUT2D eigenvalue weighted by molar-refractivity contribution is 6.33. The first-order valence-electron chi connectivity index (χ1n) is 6.41. The molecule has 1 aromatic rings. The van der Waals surface area contributed by atoms with Crippen LogP contribution in [0.15, 0.2) is 6.07 Å². The smallest absolute Gasteiger partial charge is 0.314 e. The molecule has 1 N–H and O–H groups in total. The maximum Gasteiger partial charge on any atom is 0.314 e. The fraction of sp³-hybridized carbons (Fsp3) is 0.429. The van der Waals surface area contributed by atoms with Crippen LogP contribution in [0.3, 0.4) is 0 Å².